The largest absolute Gasteiger partial charge is 0.511 e. The second-order valence-electron chi connectivity index (χ2n) is 9.56. The lowest BCUT2D eigenvalue weighted by Crippen LogP contribution is -2.57. The molecule has 11 heteroatoms. The minimum Gasteiger partial charge on any atom is -0.511 e. The van der Waals surface area contributed by atoms with Crippen LogP contribution in [-0.4, -0.2) is 67.4 Å². The van der Waals surface area contributed by atoms with Gasteiger partial charge in [0.15, 0.2) is 17.3 Å². The van der Waals surface area contributed by atoms with Crippen LogP contribution in [-0.2, 0) is 16.0 Å². The van der Waals surface area contributed by atoms with Crippen molar-refractivity contribution in [1.82, 2.24) is 4.90 Å². The Kier molecular flexibility index (Phi) is 5.13. The molecular formula is C24H26N4O7. The fourth-order valence-corrected chi connectivity index (χ4v) is 5.88. The molecule has 0 aromatic heterocycles. The highest BCUT2D eigenvalue weighted by Gasteiger charge is 2.59. The number of aromatic hydroxyl groups is 1. The van der Waals surface area contributed by atoms with Gasteiger partial charge in [-0.2, -0.15) is 0 Å². The van der Waals surface area contributed by atoms with Crippen molar-refractivity contribution in [3.63, 3.8) is 0 Å². The van der Waals surface area contributed by atoms with Gasteiger partial charge in [-0.1, -0.05) is 0 Å². The lowest BCUT2D eigenvalue weighted by molar-refractivity contribution is -0.144. The molecule has 0 bridgehead atoms. The van der Waals surface area contributed by atoms with Gasteiger partial charge < -0.3 is 36.4 Å². The highest BCUT2D eigenvalue weighted by Crippen LogP contribution is 2.52. The maximum atomic E-state index is 13.5. The Morgan fingerprint density at radius 3 is 2.49 bits per heavy atom. The van der Waals surface area contributed by atoms with Crippen LogP contribution in [0, 0.1) is 17.2 Å². The number of anilines is 1. The van der Waals surface area contributed by atoms with E-state index < -0.39 is 52.0 Å². The Labute approximate surface area is 200 Å². The fourth-order valence-electron chi connectivity index (χ4n) is 5.88. The first-order valence-corrected chi connectivity index (χ1v) is 11.5. The second-order valence-corrected chi connectivity index (χ2v) is 9.56. The average Bonchev–Trinajstić information content (AvgIpc) is 3.33. The molecule has 1 aromatic carbocycles. The SMILES string of the molecule is N=C(Nc1ccc(O)c2c1C[C@H]1C[C@H]3CC(O)=C(C(N)=O)C(=O)[C@@]3(O)C(O)=C1C2=O)N1CCCC1. The summed E-state index contributed by atoms with van der Waals surface area (Å²) in [5.41, 5.74) is 2.46. The first kappa shape index (κ1) is 22.9. The number of aliphatic hydroxyl groups excluding tert-OH is 2. The highest BCUT2D eigenvalue weighted by molar-refractivity contribution is 6.24. The van der Waals surface area contributed by atoms with Gasteiger partial charge in [-0.15, -0.1) is 0 Å². The van der Waals surface area contributed by atoms with Gasteiger partial charge in [0.2, 0.25) is 5.78 Å². The Hall–Kier alpha value is -3.86. The molecule has 4 aliphatic rings. The number of nitrogens with two attached hydrogens (primary N) is 1. The van der Waals surface area contributed by atoms with E-state index in [4.69, 9.17) is 11.1 Å². The number of nitrogens with zero attached hydrogens (tertiary/aromatic N) is 1. The van der Waals surface area contributed by atoms with E-state index in [1.165, 1.54) is 6.07 Å². The molecule has 0 radical (unpaired) electrons. The summed E-state index contributed by atoms with van der Waals surface area (Å²) in [6.45, 7) is 1.49. The van der Waals surface area contributed by atoms with Gasteiger partial charge in [0.1, 0.15) is 22.8 Å². The molecule has 1 aliphatic heterocycles. The van der Waals surface area contributed by atoms with Crippen LogP contribution in [0.4, 0.5) is 5.69 Å². The van der Waals surface area contributed by atoms with E-state index in [-0.39, 0.29) is 42.1 Å². The Morgan fingerprint density at radius 2 is 1.83 bits per heavy atom. The Balaban J connectivity index is 1.58. The van der Waals surface area contributed by atoms with E-state index in [1.54, 1.807) is 6.07 Å². The number of phenolic OH excluding ortho intramolecular Hbond substituents is 1. The van der Waals surface area contributed by atoms with Crippen molar-refractivity contribution >= 4 is 29.1 Å². The molecule has 8 N–H and O–H groups in total. The summed E-state index contributed by atoms with van der Waals surface area (Å²) in [4.78, 5) is 40.1. The number of carbonyl (C=O) groups excluding carboxylic acids is 3. The van der Waals surface area contributed by atoms with Gasteiger partial charge in [0.05, 0.1) is 5.56 Å². The smallest absolute Gasteiger partial charge is 0.255 e. The minimum absolute atomic E-state index is 0.0571. The molecule has 35 heavy (non-hydrogen) atoms. The summed E-state index contributed by atoms with van der Waals surface area (Å²) in [5, 5.41) is 54.5. The van der Waals surface area contributed by atoms with Crippen LogP contribution in [0.2, 0.25) is 0 Å². The molecule has 1 saturated heterocycles. The number of guanidine groups is 1. The van der Waals surface area contributed by atoms with E-state index in [9.17, 15) is 34.8 Å². The van der Waals surface area contributed by atoms with Gasteiger partial charge in [-0.05, 0) is 49.3 Å². The number of aliphatic hydroxyl groups is 3. The Morgan fingerprint density at radius 1 is 1.14 bits per heavy atom. The van der Waals surface area contributed by atoms with E-state index in [0.29, 0.717) is 11.3 Å². The number of ketones is 2. The first-order valence-electron chi connectivity index (χ1n) is 11.5. The van der Waals surface area contributed by atoms with Gasteiger partial charge in [0, 0.05) is 36.7 Å². The van der Waals surface area contributed by atoms with Crippen molar-refractivity contribution in [3.8, 4) is 5.75 Å². The van der Waals surface area contributed by atoms with Crippen molar-refractivity contribution in [2.24, 2.45) is 17.6 Å². The third kappa shape index (κ3) is 3.22. The molecule has 3 aliphatic carbocycles. The first-order chi connectivity index (χ1) is 16.6. The van der Waals surface area contributed by atoms with Crippen molar-refractivity contribution in [3.05, 3.63) is 45.9 Å². The summed E-state index contributed by atoms with van der Waals surface area (Å²) in [5.74, 6) is -6.45. The number of fused-ring (bicyclic) bond motifs is 3. The quantitative estimate of drug-likeness (QED) is 0.139. The maximum absolute atomic E-state index is 13.5. The topological polar surface area (TPSA) is 197 Å². The van der Waals surface area contributed by atoms with Gasteiger partial charge in [0.25, 0.3) is 5.91 Å². The number of primary amides is 1. The van der Waals surface area contributed by atoms with Crippen molar-refractivity contribution in [2.75, 3.05) is 18.4 Å². The van der Waals surface area contributed by atoms with Crippen molar-refractivity contribution in [1.29, 1.82) is 5.41 Å². The Bertz CT molecular complexity index is 1260. The molecule has 0 saturated carbocycles. The van der Waals surface area contributed by atoms with Crippen molar-refractivity contribution < 1.29 is 34.8 Å². The van der Waals surface area contributed by atoms with Crippen LogP contribution < -0.4 is 11.1 Å². The molecular weight excluding hydrogens is 456 g/mol. The summed E-state index contributed by atoms with van der Waals surface area (Å²) >= 11 is 0. The van der Waals surface area contributed by atoms with Crippen LogP contribution >= 0.6 is 0 Å². The van der Waals surface area contributed by atoms with Gasteiger partial charge in [-0.25, -0.2) is 0 Å². The molecule has 1 amide bonds. The number of carbonyl (C=O) groups is 3. The number of hydrogen-bond acceptors (Lipinski definition) is 8. The molecule has 1 aromatic rings. The zero-order chi connectivity index (χ0) is 25.2. The van der Waals surface area contributed by atoms with E-state index >= 15 is 0 Å². The zero-order valence-corrected chi connectivity index (χ0v) is 18.8. The molecule has 3 atom stereocenters. The second kappa shape index (κ2) is 7.84. The number of phenols is 1. The van der Waals surface area contributed by atoms with Gasteiger partial charge in [-0.3, -0.25) is 19.8 Å². The number of allylic oxidation sites excluding steroid dienone is 2. The van der Waals surface area contributed by atoms with E-state index in [0.717, 1.165) is 25.9 Å². The number of amides is 1. The molecule has 0 spiro atoms. The molecule has 1 fully saturated rings. The third-order valence-electron chi connectivity index (χ3n) is 7.62. The molecule has 0 unspecified atom stereocenters. The minimum atomic E-state index is -2.58. The molecule has 11 nitrogen and oxygen atoms in total. The average molecular weight is 482 g/mol. The highest BCUT2D eigenvalue weighted by atomic mass is 16.3. The summed E-state index contributed by atoms with van der Waals surface area (Å²) < 4.78 is 0. The predicted octanol–water partition coefficient (Wildman–Crippen LogP) is 1.02. The van der Waals surface area contributed by atoms with Crippen LogP contribution in [0.5, 0.6) is 5.75 Å². The van der Waals surface area contributed by atoms with Crippen molar-refractivity contribution in [2.45, 2.75) is 37.7 Å². The van der Waals surface area contributed by atoms with Crippen LogP contribution in [0.15, 0.2) is 34.8 Å². The van der Waals surface area contributed by atoms with Crippen LogP contribution in [0.3, 0.4) is 0 Å². The zero-order valence-electron chi connectivity index (χ0n) is 18.8. The lowest BCUT2D eigenvalue weighted by atomic mass is 9.60. The summed E-state index contributed by atoms with van der Waals surface area (Å²) in [6.07, 6.45) is 1.92. The number of Topliss-reactive ketones (excluding diaryl/α,β-unsaturated/α-hetero) is 2. The maximum Gasteiger partial charge on any atom is 0.255 e. The standard InChI is InChI=1S/C24H26N4O7/c25-22(34)18-15(30)9-11-7-10-8-12-13(27-23(26)28-5-1-2-6-28)3-4-14(29)17(12)19(31)16(10)20(32)24(11,35)21(18)33/h3-4,10-11,29-30,32,35H,1-2,5-9H2,(H2,25,34)(H2,26,27)/t10-,11+,24+/m1/s1. The van der Waals surface area contributed by atoms with Crippen LogP contribution in [0.1, 0.15) is 41.6 Å². The van der Waals surface area contributed by atoms with Crippen LogP contribution in [0.25, 0.3) is 0 Å². The monoisotopic (exact) mass is 482 g/mol. The van der Waals surface area contributed by atoms with E-state index in [1.807, 2.05) is 4.90 Å². The predicted molar refractivity (Wildman–Crippen MR) is 123 cm³/mol. The van der Waals surface area contributed by atoms with Gasteiger partial charge >= 0.3 is 0 Å². The number of benzene rings is 1. The molecule has 5 rings (SSSR count). The summed E-state index contributed by atoms with van der Waals surface area (Å²) in [7, 11) is 0. The number of hydrogen-bond donors (Lipinski definition) is 7. The number of rotatable bonds is 2. The normalized spacial score (nSPS) is 28.0. The lowest BCUT2D eigenvalue weighted by Gasteiger charge is -2.45. The number of likely N-dealkylation sites (tertiary alicyclic amines) is 1. The summed E-state index contributed by atoms with van der Waals surface area (Å²) in [6, 6.07) is 2.89. The molecule has 1 heterocycles. The third-order valence-corrected chi connectivity index (χ3v) is 7.62. The molecule has 184 valence electrons. The number of nitrogens with one attached hydrogen (secondary N) is 2. The fraction of sp³-hybridized carbons (Fsp3) is 0.417. The van der Waals surface area contributed by atoms with E-state index in [2.05, 4.69) is 5.32 Å².